The van der Waals surface area contributed by atoms with E-state index in [1.807, 2.05) is 47.4 Å². The van der Waals surface area contributed by atoms with Crippen LogP contribution in [-0.4, -0.2) is 58.6 Å². The van der Waals surface area contributed by atoms with Crippen LogP contribution in [0.2, 0.25) is 0 Å². The smallest absolute Gasteiger partial charge is 0.253 e. The molecule has 0 atom stereocenters. The van der Waals surface area contributed by atoms with Crippen LogP contribution < -0.4 is 0 Å². The molecule has 0 bridgehead atoms. The summed E-state index contributed by atoms with van der Waals surface area (Å²) < 4.78 is 5.43. The zero-order valence-electron chi connectivity index (χ0n) is 16.0. The summed E-state index contributed by atoms with van der Waals surface area (Å²) in [6, 6.07) is 18.0. The van der Waals surface area contributed by atoms with Crippen molar-refractivity contribution >= 4 is 5.91 Å². The van der Waals surface area contributed by atoms with Crippen molar-refractivity contribution < 1.29 is 9.21 Å². The topological polar surface area (TPSA) is 62.5 Å². The Morgan fingerprint density at radius 2 is 1.71 bits per heavy atom. The van der Waals surface area contributed by atoms with Gasteiger partial charge in [0.2, 0.25) is 11.8 Å². The molecule has 1 saturated heterocycles. The summed E-state index contributed by atoms with van der Waals surface area (Å²) in [5.74, 6) is 1.38. The lowest BCUT2D eigenvalue weighted by atomic mass is 10.0. The second-order valence-electron chi connectivity index (χ2n) is 7.05. The van der Waals surface area contributed by atoms with E-state index < -0.39 is 0 Å². The minimum Gasteiger partial charge on any atom is -0.426 e. The number of carbonyl (C=O) groups excluding carboxylic acids is 1. The van der Waals surface area contributed by atoms with Gasteiger partial charge in [0.05, 0.1) is 0 Å². The van der Waals surface area contributed by atoms with E-state index in [1.54, 1.807) is 6.92 Å². The van der Waals surface area contributed by atoms with Crippen molar-refractivity contribution in [1.82, 2.24) is 20.0 Å². The fourth-order valence-electron chi connectivity index (χ4n) is 3.51. The van der Waals surface area contributed by atoms with Gasteiger partial charge >= 0.3 is 0 Å². The molecule has 28 heavy (non-hydrogen) atoms. The summed E-state index contributed by atoms with van der Waals surface area (Å²) in [5.41, 5.74) is 2.94. The summed E-state index contributed by atoms with van der Waals surface area (Å²) >= 11 is 0. The first-order valence-corrected chi connectivity index (χ1v) is 9.65. The first kappa shape index (κ1) is 18.4. The van der Waals surface area contributed by atoms with Gasteiger partial charge in [-0.1, -0.05) is 42.5 Å². The van der Waals surface area contributed by atoms with E-state index in [2.05, 4.69) is 27.2 Å². The van der Waals surface area contributed by atoms with Crippen LogP contribution in [-0.2, 0) is 6.42 Å². The molecular weight excluding hydrogens is 352 g/mol. The van der Waals surface area contributed by atoms with Gasteiger partial charge in [-0.2, -0.15) is 0 Å². The summed E-state index contributed by atoms with van der Waals surface area (Å²) in [6.45, 7) is 5.85. The van der Waals surface area contributed by atoms with Crippen molar-refractivity contribution in [2.75, 3.05) is 32.7 Å². The van der Waals surface area contributed by atoms with Crippen molar-refractivity contribution in [1.29, 1.82) is 0 Å². The first-order chi connectivity index (χ1) is 13.7. The Kier molecular flexibility index (Phi) is 5.48. The van der Waals surface area contributed by atoms with Gasteiger partial charge in [0.25, 0.3) is 5.91 Å². The van der Waals surface area contributed by atoms with Gasteiger partial charge in [0.1, 0.15) is 0 Å². The standard InChI is InChI=1S/C22H24N4O2/c1-17-23-24-21(28-17)10-11-25-12-14-26(15-13-25)22(27)20-9-5-8-19(16-20)18-6-3-2-4-7-18/h2-9,16H,10-15H2,1H3. The minimum atomic E-state index is 0.102. The van der Waals surface area contributed by atoms with E-state index in [0.29, 0.717) is 11.8 Å². The van der Waals surface area contributed by atoms with Crippen LogP contribution in [0, 0.1) is 6.92 Å². The fourth-order valence-corrected chi connectivity index (χ4v) is 3.51. The number of hydrogen-bond donors (Lipinski definition) is 0. The first-order valence-electron chi connectivity index (χ1n) is 9.65. The zero-order valence-corrected chi connectivity index (χ0v) is 16.0. The average molecular weight is 376 g/mol. The maximum absolute atomic E-state index is 12.9. The van der Waals surface area contributed by atoms with Gasteiger partial charge in [0, 0.05) is 51.6 Å². The quantitative estimate of drug-likeness (QED) is 0.685. The van der Waals surface area contributed by atoms with Crippen molar-refractivity contribution in [2.45, 2.75) is 13.3 Å². The van der Waals surface area contributed by atoms with Gasteiger partial charge in [-0.3, -0.25) is 9.69 Å². The number of benzene rings is 2. The van der Waals surface area contributed by atoms with Gasteiger partial charge < -0.3 is 9.32 Å². The maximum atomic E-state index is 12.9. The highest BCUT2D eigenvalue weighted by molar-refractivity contribution is 5.95. The number of hydrogen-bond acceptors (Lipinski definition) is 5. The molecule has 0 saturated carbocycles. The van der Waals surface area contributed by atoms with Crippen LogP contribution in [0.3, 0.4) is 0 Å². The van der Waals surface area contributed by atoms with Crippen molar-refractivity contribution in [2.24, 2.45) is 0 Å². The molecule has 1 aromatic heterocycles. The van der Waals surface area contributed by atoms with Gasteiger partial charge in [-0.15, -0.1) is 10.2 Å². The number of piperazine rings is 1. The number of aryl methyl sites for hydroxylation is 1. The molecule has 1 amide bonds. The van der Waals surface area contributed by atoms with Crippen LogP contribution in [0.15, 0.2) is 59.0 Å². The molecule has 1 aliphatic heterocycles. The van der Waals surface area contributed by atoms with E-state index in [9.17, 15) is 4.79 Å². The van der Waals surface area contributed by atoms with Gasteiger partial charge in [-0.05, 0) is 23.3 Å². The number of carbonyl (C=O) groups is 1. The molecule has 6 heteroatoms. The summed E-state index contributed by atoms with van der Waals surface area (Å²) in [7, 11) is 0. The van der Waals surface area contributed by atoms with E-state index in [-0.39, 0.29) is 5.91 Å². The Labute approximate surface area is 164 Å². The van der Waals surface area contributed by atoms with Crippen LogP contribution in [0.25, 0.3) is 11.1 Å². The van der Waals surface area contributed by atoms with Crippen LogP contribution >= 0.6 is 0 Å². The maximum Gasteiger partial charge on any atom is 0.253 e. The molecule has 0 spiro atoms. The summed E-state index contributed by atoms with van der Waals surface area (Å²) in [5, 5.41) is 7.90. The van der Waals surface area contributed by atoms with E-state index in [1.165, 1.54) is 0 Å². The Hall–Kier alpha value is -2.99. The molecule has 3 aromatic rings. The van der Waals surface area contributed by atoms with Crippen molar-refractivity contribution in [3.8, 4) is 11.1 Å². The largest absolute Gasteiger partial charge is 0.426 e. The fraction of sp³-hybridized carbons (Fsp3) is 0.318. The number of nitrogens with zero attached hydrogens (tertiary/aromatic N) is 4. The molecule has 0 radical (unpaired) electrons. The van der Waals surface area contributed by atoms with Crippen molar-refractivity contribution in [3.63, 3.8) is 0 Å². The highest BCUT2D eigenvalue weighted by atomic mass is 16.4. The number of rotatable bonds is 5. The van der Waals surface area contributed by atoms with Crippen LogP contribution in [0.1, 0.15) is 22.1 Å². The molecule has 1 aliphatic rings. The third kappa shape index (κ3) is 4.28. The minimum absolute atomic E-state index is 0.102. The molecule has 0 unspecified atom stereocenters. The molecule has 144 valence electrons. The lowest BCUT2D eigenvalue weighted by molar-refractivity contribution is 0.0636. The monoisotopic (exact) mass is 376 g/mol. The molecule has 1 fully saturated rings. The van der Waals surface area contributed by atoms with E-state index >= 15 is 0 Å². The second-order valence-corrected chi connectivity index (χ2v) is 7.05. The Bertz CT molecular complexity index is 930. The highest BCUT2D eigenvalue weighted by Gasteiger charge is 2.22. The van der Waals surface area contributed by atoms with Crippen LogP contribution in [0.5, 0.6) is 0 Å². The van der Waals surface area contributed by atoms with Gasteiger partial charge in [-0.25, -0.2) is 0 Å². The SMILES string of the molecule is Cc1nnc(CCN2CCN(C(=O)c3cccc(-c4ccccc4)c3)CC2)o1. The van der Waals surface area contributed by atoms with Gasteiger partial charge in [0.15, 0.2) is 0 Å². The summed E-state index contributed by atoms with van der Waals surface area (Å²) in [4.78, 5) is 17.2. The highest BCUT2D eigenvalue weighted by Crippen LogP contribution is 2.21. The Balaban J connectivity index is 1.34. The van der Waals surface area contributed by atoms with E-state index in [0.717, 1.165) is 55.8 Å². The molecule has 2 heterocycles. The molecule has 2 aromatic carbocycles. The predicted molar refractivity (Wildman–Crippen MR) is 107 cm³/mol. The third-order valence-corrected chi connectivity index (χ3v) is 5.09. The lowest BCUT2D eigenvalue weighted by Gasteiger charge is -2.34. The average Bonchev–Trinajstić information content (AvgIpc) is 3.18. The molecule has 0 aliphatic carbocycles. The Morgan fingerprint density at radius 3 is 2.43 bits per heavy atom. The third-order valence-electron chi connectivity index (χ3n) is 5.09. The normalized spacial score (nSPS) is 15.0. The second kappa shape index (κ2) is 8.35. The number of aromatic nitrogens is 2. The van der Waals surface area contributed by atoms with Crippen LogP contribution in [0.4, 0.5) is 0 Å². The zero-order chi connectivity index (χ0) is 19.3. The molecule has 0 N–H and O–H groups in total. The number of amides is 1. The van der Waals surface area contributed by atoms with Crippen molar-refractivity contribution in [3.05, 3.63) is 71.9 Å². The Morgan fingerprint density at radius 1 is 0.964 bits per heavy atom. The predicted octanol–water partition coefficient (Wildman–Crippen LogP) is 3.05. The molecular formula is C22H24N4O2. The summed E-state index contributed by atoms with van der Waals surface area (Å²) in [6.07, 6.45) is 0.744. The molecule has 6 nitrogen and oxygen atoms in total. The lowest BCUT2D eigenvalue weighted by Crippen LogP contribution is -2.49. The molecule has 4 rings (SSSR count). The van der Waals surface area contributed by atoms with E-state index in [4.69, 9.17) is 4.42 Å².